The molecule has 2 heterocycles. The number of nitrogens with zero attached hydrogens (tertiary/aromatic N) is 3. The van der Waals surface area contributed by atoms with E-state index in [1.54, 1.807) is 11.5 Å². The molecule has 0 saturated carbocycles. The number of aromatic amines is 1. The van der Waals surface area contributed by atoms with Gasteiger partial charge in [-0.2, -0.15) is 0 Å². The highest BCUT2D eigenvalue weighted by Crippen LogP contribution is 2.26. The van der Waals surface area contributed by atoms with E-state index in [9.17, 15) is 14.4 Å². The van der Waals surface area contributed by atoms with Gasteiger partial charge in [-0.15, -0.1) is 0 Å². The SMILES string of the molecule is COC(=O)[C@H](C)Sc1nc2c(c(=O)[nH]c(=O)n2C)n1CCCOc1ccccc1. The number of aryl methyl sites for hydroxylation is 2. The van der Waals surface area contributed by atoms with Crippen LogP contribution in [0.4, 0.5) is 0 Å². The number of carbonyl (C=O) groups excluding carboxylic acids is 1. The molecule has 9 nitrogen and oxygen atoms in total. The largest absolute Gasteiger partial charge is 0.494 e. The van der Waals surface area contributed by atoms with Crippen molar-refractivity contribution in [2.45, 2.75) is 30.3 Å². The Morgan fingerprint density at radius 3 is 2.69 bits per heavy atom. The fourth-order valence-electron chi connectivity index (χ4n) is 2.81. The van der Waals surface area contributed by atoms with E-state index in [0.717, 1.165) is 5.75 Å². The first-order valence-corrected chi connectivity index (χ1v) is 9.92. The fourth-order valence-corrected chi connectivity index (χ4v) is 3.77. The molecule has 0 spiro atoms. The zero-order valence-corrected chi connectivity index (χ0v) is 17.2. The first kappa shape index (κ1) is 20.7. The first-order valence-electron chi connectivity index (χ1n) is 9.04. The molecule has 0 aliphatic carbocycles. The minimum atomic E-state index is -0.544. The summed E-state index contributed by atoms with van der Waals surface area (Å²) in [4.78, 5) is 42.9. The maximum Gasteiger partial charge on any atom is 0.329 e. The summed E-state index contributed by atoms with van der Waals surface area (Å²) in [5, 5.41) is -0.0587. The molecule has 3 aromatic rings. The summed E-state index contributed by atoms with van der Waals surface area (Å²) in [6.07, 6.45) is 0.600. The Morgan fingerprint density at radius 2 is 2.00 bits per heavy atom. The molecule has 154 valence electrons. The van der Waals surface area contributed by atoms with Crippen LogP contribution in [0.25, 0.3) is 11.2 Å². The van der Waals surface area contributed by atoms with Crippen LogP contribution in [-0.2, 0) is 23.1 Å². The van der Waals surface area contributed by atoms with Crippen molar-refractivity contribution in [3.63, 3.8) is 0 Å². The van der Waals surface area contributed by atoms with Crippen molar-refractivity contribution in [1.82, 2.24) is 19.1 Å². The van der Waals surface area contributed by atoms with Crippen LogP contribution in [0.1, 0.15) is 13.3 Å². The lowest BCUT2D eigenvalue weighted by Gasteiger charge is -2.12. The molecule has 0 aliphatic rings. The molecule has 1 aromatic carbocycles. The van der Waals surface area contributed by atoms with Crippen molar-refractivity contribution in [3.8, 4) is 5.75 Å². The summed E-state index contributed by atoms with van der Waals surface area (Å²) in [5.41, 5.74) is -0.511. The molecule has 1 atom stereocenters. The second kappa shape index (κ2) is 8.99. The molecule has 0 aliphatic heterocycles. The van der Waals surface area contributed by atoms with Gasteiger partial charge < -0.3 is 14.0 Å². The van der Waals surface area contributed by atoms with Crippen LogP contribution in [-0.4, -0.2) is 44.0 Å². The number of para-hydroxylation sites is 1. The maximum absolute atomic E-state index is 12.5. The number of imidazole rings is 1. The lowest BCUT2D eigenvalue weighted by atomic mass is 10.3. The average Bonchev–Trinajstić information content (AvgIpc) is 3.08. The maximum atomic E-state index is 12.5. The van der Waals surface area contributed by atoms with Gasteiger partial charge in [0, 0.05) is 13.6 Å². The van der Waals surface area contributed by atoms with E-state index in [0.29, 0.717) is 24.7 Å². The number of hydrogen-bond donors (Lipinski definition) is 1. The van der Waals surface area contributed by atoms with E-state index < -0.39 is 22.5 Å². The number of thioether (sulfide) groups is 1. The number of esters is 1. The third kappa shape index (κ3) is 4.53. The van der Waals surface area contributed by atoms with Crippen LogP contribution in [0.2, 0.25) is 0 Å². The smallest absolute Gasteiger partial charge is 0.329 e. The van der Waals surface area contributed by atoms with E-state index in [-0.39, 0.29) is 11.2 Å². The normalized spacial score (nSPS) is 12.1. The van der Waals surface area contributed by atoms with Gasteiger partial charge in [-0.1, -0.05) is 30.0 Å². The average molecular weight is 418 g/mol. The van der Waals surface area contributed by atoms with Gasteiger partial charge in [-0.05, 0) is 25.5 Å². The van der Waals surface area contributed by atoms with Crippen LogP contribution in [0.15, 0.2) is 45.1 Å². The molecule has 2 aromatic heterocycles. The number of aromatic nitrogens is 4. The highest BCUT2D eigenvalue weighted by Gasteiger charge is 2.22. The van der Waals surface area contributed by atoms with Gasteiger partial charge in [0.15, 0.2) is 16.3 Å². The fraction of sp³-hybridized carbons (Fsp3) is 0.368. The second-order valence-corrected chi connectivity index (χ2v) is 7.64. The van der Waals surface area contributed by atoms with Crippen molar-refractivity contribution < 1.29 is 14.3 Å². The number of hydrogen-bond acceptors (Lipinski definition) is 7. The van der Waals surface area contributed by atoms with Gasteiger partial charge in [0.25, 0.3) is 5.56 Å². The van der Waals surface area contributed by atoms with Crippen LogP contribution in [0, 0.1) is 0 Å². The quantitative estimate of drug-likeness (QED) is 0.336. The standard InChI is InChI=1S/C19H22N4O5S/c1-12(17(25)27-3)29-19-20-15-14(16(24)21-18(26)22(15)2)23(19)10-7-11-28-13-8-5-4-6-9-13/h4-6,8-9,12H,7,10-11H2,1-3H3,(H,21,24,26)/t12-/m0/s1. The number of nitrogens with one attached hydrogen (secondary N) is 1. The molecule has 0 fully saturated rings. The number of ether oxygens (including phenoxy) is 2. The van der Waals surface area contributed by atoms with Gasteiger partial charge in [0.05, 0.1) is 13.7 Å². The number of H-pyrrole nitrogens is 1. The zero-order valence-electron chi connectivity index (χ0n) is 16.4. The minimum absolute atomic E-state index is 0.266. The second-order valence-electron chi connectivity index (χ2n) is 6.33. The topological polar surface area (TPSA) is 108 Å². The summed E-state index contributed by atoms with van der Waals surface area (Å²) in [6, 6.07) is 9.43. The van der Waals surface area contributed by atoms with E-state index in [1.807, 2.05) is 30.3 Å². The van der Waals surface area contributed by atoms with Gasteiger partial charge in [-0.3, -0.25) is 19.1 Å². The Morgan fingerprint density at radius 1 is 1.28 bits per heavy atom. The summed E-state index contributed by atoms with van der Waals surface area (Å²) >= 11 is 1.17. The molecule has 0 radical (unpaired) electrons. The van der Waals surface area contributed by atoms with E-state index >= 15 is 0 Å². The van der Waals surface area contributed by atoms with Gasteiger partial charge in [0.2, 0.25) is 0 Å². The molecule has 3 rings (SSSR count). The summed E-state index contributed by atoms with van der Waals surface area (Å²) in [7, 11) is 2.85. The van der Waals surface area contributed by atoms with Crippen LogP contribution in [0.3, 0.4) is 0 Å². The lowest BCUT2D eigenvalue weighted by molar-refractivity contribution is -0.139. The minimum Gasteiger partial charge on any atom is -0.494 e. The highest BCUT2D eigenvalue weighted by molar-refractivity contribution is 8.00. The van der Waals surface area contributed by atoms with Gasteiger partial charge in [0.1, 0.15) is 11.0 Å². The molecular formula is C19H22N4O5S. The number of methoxy groups -OCH3 is 1. The van der Waals surface area contributed by atoms with Gasteiger partial charge in [-0.25, -0.2) is 9.78 Å². The molecular weight excluding hydrogens is 396 g/mol. The Hall–Kier alpha value is -3.01. The third-order valence-electron chi connectivity index (χ3n) is 4.33. The first-order chi connectivity index (χ1) is 13.9. The van der Waals surface area contributed by atoms with E-state index in [1.165, 1.54) is 30.5 Å². The Kier molecular flexibility index (Phi) is 6.42. The number of rotatable bonds is 8. The Bertz CT molecular complexity index is 1120. The third-order valence-corrected chi connectivity index (χ3v) is 5.39. The molecule has 29 heavy (non-hydrogen) atoms. The number of benzene rings is 1. The van der Waals surface area contributed by atoms with E-state index in [2.05, 4.69) is 9.97 Å². The molecule has 0 saturated heterocycles. The van der Waals surface area contributed by atoms with Crippen molar-refractivity contribution in [3.05, 3.63) is 51.2 Å². The number of carbonyl (C=O) groups is 1. The summed E-state index contributed by atoms with van der Waals surface area (Å²) in [6.45, 7) is 2.56. The predicted octanol–water partition coefficient (Wildman–Crippen LogP) is 1.55. The molecule has 0 amide bonds. The van der Waals surface area contributed by atoms with Crippen LogP contribution in [0.5, 0.6) is 5.75 Å². The van der Waals surface area contributed by atoms with Crippen molar-refractivity contribution in [1.29, 1.82) is 0 Å². The van der Waals surface area contributed by atoms with Crippen molar-refractivity contribution in [2.75, 3.05) is 13.7 Å². The van der Waals surface area contributed by atoms with E-state index in [4.69, 9.17) is 9.47 Å². The van der Waals surface area contributed by atoms with Crippen molar-refractivity contribution >= 4 is 28.9 Å². The highest BCUT2D eigenvalue weighted by atomic mass is 32.2. The molecule has 0 unspecified atom stereocenters. The van der Waals surface area contributed by atoms with Crippen LogP contribution >= 0.6 is 11.8 Å². The zero-order chi connectivity index (χ0) is 21.0. The lowest BCUT2D eigenvalue weighted by Crippen LogP contribution is -2.29. The predicted molar refractivity (Wildman–Crippen MR) is 109 cm³/mol. The summed E-state index contributed by atoms with van der Waals surface area (Å²) in [5.74, 6) is 0.362. The molecule has 0 bridgehead atoms. The Balaban J connectivity index is 1.88. The van der Waals surface area contributed by atoms with Crippen molar-refractivity contribution in [2.24, 2.45) is 7.05 Å². The molecule has 10 heteroatoms. The Labute approximate surface area is 170 Å². The van der Waals surface area contributed by atoms with Crippen LogP contribution < -0.4 is 16.0 Å². The summed E-state index contributed by atoms with van der Waals surface area (Å²) < 4.78 is 13.5. The van der Waals surface area contributed by atoms with Gasteiger partial charge >= 0.3 is 11.7 Å². The number of fused-ring (bicyclic) bond motifs is 1. The monoisotopic (exact) mass is 418 g/mol. The molecule has 1 N–H and O–H groups in total.